The van der Waals surface area contributed by atoms with Gasteiger partial charge in [0.05, 0.1) is 25.0 Å². The summed E-state index contributed by atoms with van der Waals surface area (Å²) < 4.78 is 4.63. The third-order valence-corrected chi connectivity index (χ3v) is 3.25. The van der Waals surface area contributed by atoms with Crippen LogP contribution >= 0.6 is 0 Å². The molecule has 1 aromatic carbocycles. The van der Waals surface area contributed by atoms with Gasteiger partial charge in [-0.05, 0) is 25.5 Å². The molecule has 0 aliphatic rings. The van der Waals surface area contributed by atoms with Gasteiger partial charge in [-0.15, -0.1) is 0 Å². The summed E-state index contributed by atoms with van der Waals surface area (Å²) in [6.45, 7) is 11.5. The van der Waals surface area contributed by atoms with Crippen LogP contribution in [0.1, 0.15) is 45.7 Å². The zero-order valence-electron chi connectivity index (χ0n) is 18.0. The fourth-order valence-corrected chi connectivity index (χ4v) is 1.90. The molecule has 0 bridgehead atoms. The summed E-state index contributed by atoms with van der Waals surface area (Å²) in [5.41, 5.74) is 2.06. The van der Waals surface area contributed by atoms with Crippen molar-refractivity contribution in [3.05, 3.63) is 59.8 Å². The number of ether oxygens (including phenoxy) is 1. The van der Waals surface area contributed by atoms with Crippen molar-refractivity contribution in [1.82, 2.24) is 10.6 Å². The molecule has 0 spiro atoms. The SMILES string of the molecule is C=C(C)/C=C(\NC)C(=O)NC(CO)c1ccccc1.CC.COCCC(C)=O. The molecule has 1 amide bonds. The molecule has 1 unspecified atom stereocenters. The number of hydrogen-bond acceptors (Lipinski definition) is 5. The lowest BCUT2D eigenvalue weighted by molar-refractivity contribution is -0.119. The number of likely N-dealkylation sites (N-methyl/N-ethyl adjacent to an activating group) is 1. The van der Waals surface area contributed by atoms with Crippen molar-refractivity contribution in [3.8, 4) is 0 Å². The van der Waals surface area contributed by atoms with Crippen molar-refractivity contribution >= 4 is 11.7 Å². The molecule has 1 atom stereocenters. The van der Waals surface area contributed by atoms with Crippen LogP contribution in [-0.4, -0.2) is 44.2 Å². The number of methoxy groups -OCH3 is 1. The van der Waals surface area contributed by atoms with Crippen LogP contribution in [0.3, 0.4) is 0 Å². The number of aliphatic hydroxyl groups is 1. The summed E-state index contributed by atoms with van der Waals surface area (Å²) in [6, 6.07) is 8.93. The Balaban J connectivity index is 0. The van der Waals surface area contributed by atoms with Gasteiger partial charge in [0.25, 0.3) is 5.91 Å². The fourth-order valence-electron chi connectivity index (χ4n) is 1.90. The molecule has 0 heterocycles. The molecule has 0 saturated heterocycles. The maximum atomic E-state index is 12.1. The Morgan fingerprint density at radius 2 is 1.79 bits per heavy atom. The minimum absolute atomic E-state index is 0.153. The number of hydrogen-bond donors (Lipinski definition) is 3. The molecule has 0 aliphatic heterocycles. The summed E-state index contributed by atoms with van der Waals surface area (Å²) in [4.78, 5) is 22.2. The van der Waals surface area contributed by atoms with Gasteiger partial charge < -0.3 is 20.5 Å². The maximum absolute atomic E-state index is 12.1. The Hall–Kier alpha value is -2.44. The summed E-state index contributed by atoms with van der Waals surface area (Å²) in [5, 5.41) is 15.0. The van der Waals surface area contributed by atoms with Crippen LogP contribution in [0.25, 0.3) is 0 Å². The van der Waals surface area contributed by atoms with Crippen LogP contribution in [0.15, 0.2) is 54.3 Å². The standard InChI is InChI=1S/C15H20N2O2.C5H10O2.C2H6/c1-11(2)9-13(16-3)15(19)17-14(10-18)12-7-5-4-6-8-12;1-5(6)3-4-7-2;1-2/h4-9,14,16,18H,1,10H2,2-3H3,(H,17,19);3-4H2,1-2H3;1-2H3/b13-9-;;. The third-order valence-electron chi connectivity index (χ3n) is 3.25. The molecule has 0 aliphatic carbocycles. The molecular weight excluding hydrogens is 356 g/mol. The van der Waals surface area contributed by atoms with Gasteiger partial charge in [-0.3, -0.25) is 9.59 Å². The number of nitrogens with one attached hydrogen (secondary N) is 2. The number of Topliss-reactive ketones (excluding diaryl/α,β-unsaturated/α-hetero) is 1. The second-order valence-electron chi connectivity index (χ2n) is 5.72. The summed E-state index contributed by atoms with van der Waals surface area (Å²) in [6.07, 6.45) is 2.20. The molecule has 6 heteroatoms. The van der Waals surface area contributed by atoms with Crippen LogP contribution in [-0.2, 0) is 14.3 Å². The number of allylic oxidation sites excluding steroid dienone is 2. The van der Waals surface area contributed by atoms with E-state index >= 15 is 0 Å². The van der Waals surface area contributed by atoms with E-state index in [9.17, 15) is 14.7 Å². The average molecular weight is 393 g/mol. The predicted molar refractivity (Wildman–Crippen MR) is 115 cm³/mol. The minimum Gasteiger partial charge on any atom is -0.394 e. The van der Waals surface area contributed by atoms with Crippen molar-refractivity contribution in [2.75, 3.05) is 27.4 Å². The van der Waals surface area contributed by atoms with Gasteiger partial charge in [-0.25, -0.2) is 0 Å². The molecule has 1 aromatic rings. The van der Waals surface area contributed by atoms with Gasteiger partial charge in [-0.1, -0.05) is 56.3 Å². The number of amides is 1. The van der Waals surface area contributed by atoms with E-state index in [2.05, 4.69) is 21.9 Å². The Bertz CT molecular complexity index is 598. The first-order chi connectivity index (χ1) is 13.3. The van der Waals surface area contributed by atoms with E-state index in [0.29, 0.717) is 18.7 Å². The summed E-state index contributed by atoms with van der Waals surface area (Å²) in [5.74, 6) is -0.0877. The van der Waals surface area contributed by atoms with Gasteiger partial charge in [0, 0.05) is 20.6 Å². The van der Waals surface area contributed by atoms with Crippen molar-refractivity contribution in [2.45, 2.75) is 40.2 Å². The van der Waals surface area contributed by atoms with Crippen molar-refractivity contribution in [2.24, 2.45) is 0 Å². The summed E-state index contributed by atoms with van der Waals surface area (Å²) >= 11 is 0. The van der Waals surface area contributed by atoms with Crippen LogP contribution < -0.4 is 10.6 Å². The lowest BCUT2D eigenvalue weighted by Crippen LogP contribution is -2.35. The minimum atomic E-state index is -0.421. The highest BCUT2D eigenvalue weighted by Crippen LogP contribution is 2.12. The number of rotatable bonds is 9. The monoisotopic (exact) mass is 392 g/mol. The number of carbonyl (C=O) groups excluding carboxylic acids is 2. The largest absolute Gasteiger partial charge is 0.394 e. The number of benzene rings is 1. The molecular formula is C22H36N2O4. The van der Waals surface area contributed by atoms with Crippen LogP contribution in [0.2, 0.25) is 0 Å². The Morgan fingerprint density at radius 3 is 2.14 bits per heavy atom. The van der Waals surface area contributed by atoms with E-state index in [1.54, 1.807) is 27.2 Å². The molecule has 0 radical (unpaired) electrons. The second kappa shape index (κ2) is 17.9. The zero-order chi connectivity index (χ0) is 21.9. The number of aliphatic hydroxyl groups excluding tert-OH is 1. The predicted octanol–water partition coefficient (Wildman–Crippen LogP) is 3.15. The lowest BCUT2D eigenvalue weighted by atomic mass is 10.1. The third kappa shape index (κ3) is 13.7. The van der Waals surface area contributed by atoms with Crippen LogP contribution in [0, 0.1) is 0 Å². The van der Waals surface area contributed by atoms with E-state index in [1.165, 1.54) is 0 Å². The molecule has 0 saturated carbocycles. The van der Waals surface area contributed by atoms with E-state index in [4.69, 9.17) is 0 Å². The highest BCUT2D eigenvalue weighted by Gasteiger charge is 2.15. The van der Waals surface area contributed by atoms with E-state index in [1.807, 2.05) is 51.1 Å². The smallest absolute Gasteiger partial charge is 0.267 e. The Kier molecular flexibility index (Phi) is 17.8. The van der Waals surface area contributed by atoms with Gasteiger partial charge in [0.1, 0.15) is 5.78 Å². The molecule has 3 N–H and O–H groups in total. The number of carbonyl (C=O) groups is 2. The lowest BCUT2D eigenvalue weighted by Gasteiger charge is -2.18. The quantitative estimate of drug-likeness (QED) is 0.444. The molecule has 0 fully saturated rings. The molecule has 1 rings (SSSR count). The van der Waals surface area contributed by atoms with E-state index in [-0.39, 0.29) is 18.3 Å². The first-order valence-corrected chi connectivity index (χ1v) is 9.35. The first kappa shape index (κ1) is 27.8. The van der Waals surface area contributed by atoms with Gasteiger partial charge in [-0.2, -0.15) is 0 Å². The maximum Gasteiger partial charge on any atom is 0.267 e. The van der Waals surface area contributed by atoms with Crippen LogP contribution in [0.4, 0.5) is 0 Å². The van der Waals surface area contributed by atoms with Crippen molar-refractivity contribution in [1.29, 1.82) is 0 Å². The van der Waals surface area contributed by atoms with Crippen LogP contribution in [0.5, 0.6) is 0 Å². The van der Waals surface area contributed by atoms with E-state index in [0.717, 1.165) is 11.1 Å². The second-order valence-corrected chi connectivity index (χ2v) is 5.72. The van der Waals surface area contributed by atoms with Gasteiger partial charge in [0.15, 0.2) is 0 Å². The Morgan fingerprint density at radius 1 is 1.21 bits per heavy atom. The highest BCUT2D eigenvalue weighted by molar-refractivity contribution is 5.93. The first-order valence-electron chi connectivity index (χ1n) is 9.35. The van der Waals surface area contributed by atoms with E-state index < -0.39 is 6.04 Å². The zero-order valence-corrected chi connectivity index (χ0v) is 18.0. The summed E-state index contributed by atoms with van der Waals surface area (Å²) in [7, 11) is 3.26. The molecule has 158 valence electrons. The molecule has 28 heavy (non-hydrogen) atoms. The molecule has 6 nitrogen and oxygen atoms in total. The fraction of sp³-hybridized carbons (Fsp3) is 0.455. The van der Waals surface area contributed by atoms with Crippen molar-refractivity contribution in [3.63, 3.8) is 0 Å². The normalized spacial score (nSPS) is 11.0. The average Bonchev–Trinajstić information content (AvgIpc) is 2.70. The molecule has 0 aromatic heterocycles. The highest BCUT2D eigenvalue weighted by atomic mass is 16.5. The van der Waals surface area contributed by atoms with Gasteiger partial charge in [0.2, 0.25) is 0 Å². The number of ketones is 1. The topological polar surface area (TPSA) is 87.7 Å². The van der Waals surface area contributed by atoms with Gasteiger partial charge >= 0.3 is 0 Å². The van der Waals surface area contributed by atoms with Crippen molar-refractivity contribution < 1.29 is 19.4 Å². The Labute approximate surface area is 169 Å².